The summed E-state index contributed by atoms with van der Waals surface area (Å²) in [4.78, 5) is 32.2. The molecule has 0 bridgehead atoms. The molecule has 4 heterocycles. The van der Waals surface area contributed by atoms with Gasteiger partial charge in [0.2, 0.25) is 5.82 Å². The number of hydrogen-bond acceptors (Lipinski definition) is 8. The highest BCUT2D eigenvalue weighted by atomic mass is 16.3. The zero-order valence-electron chi connectivity index (χ0n) is 19.4. The molecule has 0 radical (unpaired) electrons. The van der Waals surface area contributed by atoms with Crippen molar-refractivity contribution in [1.29, 1.82) is 0 Å². The van der Waals surface area contributed by atoms with E-state index in [4.69, 9.17) is 9.40 Å². The predicted octanol–water partition coefficient (Wildman–Crippen LogP) is 6.02. The van der Waals surface area contributed by atoms with Gasteiger partial charge in [0.05, 0.1) is 0 Å². The van der Waals surface area contributed by atoms with E-state index in [-0.39, 0.29) is 0 Å². The average Bonchev–Trinajstić information content (AvgIpc) is 3.37. The minimum atomic E-state index is 0.385. The van der Waals surface area contributed by atoms with Gasteiger partial charge < -0.3 is 4.42 Å². The predicted molar refractivity (Wildman–Crippen MR) is 140 cm³/mol. The first-order valence-corrected chi connectivity index (χ1v) is 11.7. The van der Waals surface area contributed by atoms with Crippen LogP contribution in [0.3, 0.4) is 0 Å². The van der Waals surface area contributed by atoms with E-state index in [0.29, 0.717) is 40.1 Å². The highest BCUT2D eigenvalue weighted by molar-refractivity contribution is 6.06. The Bertz CT molecular complexity index is 1810. The third-order valence-electron chi connectivity index (χ3n) is 5.98. The molecule has 0 N–H and O–H groups in total. The van der Waals surface area contributed by atoms with Crippen molar-refractivity contribution < 1.29 is 4.42 Å². The summed E-state index contributed by atoms with van der Waals surface area (Å²) < 4.78 is 6.07. The van der Waals surface area contributed by atoms with Crippen molar-refractivity contribution >= 4 is 22.1 Å². The van der Waals surface area contributed by atoms with E-state index in [0.717, 1.165) is 27.6 Å². The monoisotopic (exact) mass is 479 g/mol. The molecule has 7 aromatic rings. The van der Waals surface area contributed by atoms with Crippen LogP contribution in [0, 0.1) is 0 Å². The maximum absolute atomic E-state index is 6.07. The van der Waals surface area contributed by atoms with Gasteiger partial charge >= 0.3 is 0 Å². The van der Waals surface area contributed by atoms with Crippen molar-refractivity contribution in [2.24, 2.45) is 0 Å². The molecule has 0 aliphatic carbocycles. The average molecular weight is 480 g/mol. The number of furan rings is 1. The molecule has 0 spiro atoms. The Morgan fingerprint density at radius 3 is 1.76 bits per heavy atom. The minimum absolute atomic E-state index is 0.385. The first-order valence-electron chi connectivity index (χ1n) is 11.7. The van der Waals surface area contributed by atoms with Crippen molar-refractivity contribution in [3.05, 3.63) is 104 Å². The summed E-state index contributed by atoms with van der Waals surface area (Å²) in [7, 11) is 0. The largest absolute Gasteiger partial charge is 0.452 e. The third kappa shape index (κ3) is 3.77. The molecular weight excluding hydrogens is 462 g/mol. The Morgan fingerprint density at radius 2 is 1.08 bits per heavy atom. The van der Waals surface area contributed by atoms with Gasteiger partial charge in [-0.2, -0.15) is 0 Å². The van der Waals surface area contributed by atoms with E-state index in [9.17, 15) is 0 Å². The lowest BCUT2D eigenvalue weighted by atomic mass is 10.2. The van der Waals surface area contributed by atoms with Crippen molar-refractivity contribution in [1.82, 2.24) is 34.9 Å². The van der Waals surface area contributed by atoms with E-state index in [1.807, 2.05) is 84.9 Å². The fourth-order valence-corrected chi connectivity index (χ4v) is 4.20. The molecule has 4 aromatic heterocycles. The summed E-state index contributed by atoms with van der Waals surface area (Å²) in [5, 5.41) is 0.936. The van der Waals surface area contributed by atoms with Crippen LogP contribution in [0.5, 0.6) is 0 Å². The van der Waals surface area contributed by atoms with Gasteiger partial charge in [0, 0.05) is 34.5 Å². The molecule has 0 unspecified atom stereocenters. The van der Waals surface area contributed by atoms with E-state index in [1.165, 1.54) is 6.33 Å². The Kier molecular flexibility index (Phi) is 4.92. The van der Waals surface area contributed by atoms with Crippen molar-refractivity contribution in [3.8, 4) is 45.7 Å². The van der Waals surface area contributed by atoms with Gasteiger partial charge in [0.15, 0.2) is 23.1 Å². The number of rotatable bonds is 4. The molecule has 0 atom stereocenters. The molecule has 0 aliphatic heterocycles. The molecule has 8 nitrogen and oxygen atoms in total. The molecule has 0 aliphatic rings. The molecule has 7 rings (SSSR count). The summed E-state index contributed by atoms with van der Waals surface area (Å²) in [6, 6.07) is 27.3. The minimum Gasteiger partial charge on any atom is -0.452 e. The third-order valence-corrected chi connectivity index (χ3v) is 5.98. The fourth-order valence-electron chi connectivity index (χ4n) is 4.20. The Labute approximate surface area is 210 Å². The van der Waals surface area contributed by atoms with Crippen molar-refractivity contribution in [2.45, 2.75) is 0 Å². The van der Waals surface area contributed by atoms with E-state index >= 15 is 0 Å². The topological polar surface area (TPSA) is 103 Å². The summed E-state index contributed by atoms with van der Waals surface area (Å²) >= 11 is 0. The van der Waals surface area contributed by atoms with Gasteiger partial charge in [0.25, 0.3) is 0 Å². The Morgan fingerprint density at radius 1 is 0.486 bits per heavy atom. The van der Waals surface area contributed by atoms with Crippen LogP contribution in [0.2, 0.25) is 0 Å². The normalized spacial score (nSPS) is 11.2. The van der Waals surface area contributed by atoms with Crippen LogP contribution in [-0.2, 0) is 0 Å². The molecule has 0 saturated heterocycles. The molecule has 0 fully saturated rings. The fraction of sp³-hybridized carbons (Fsp3) is 0. The highest BCUT2D eigenvalue weighted by Gasteiger charge is 2.17. The van der Waals surface area contributed by atoms with Gasteiger partial charge in [-0.05, 0) is 12.1 Å². The van der Waals surface area contributed by atoms with E-state index in [1.54, 1.807) is 12.4 Å². The molecule has 174 valence electrons. The second-order valence-electron chi connectivity index (χ2n) is 8.33. The lowest BCUT2D eigenvalue weighted by Gasteiger charge is -2.07. The van der Waals surface area contributed by atoms with Gasteiger partial charge in [-0.1, -0.05) is 72.8 Å². The van der Waals surface area contributed by atoms with Gasteiger partial charge in [-0.15, -0.1) is 0 Å². The summed E-state index contributed by atoms with van der Waals surface area (Å²) in [6.45, 7) is 0. The molecule has 0 amide bonds. The van der Waals surface area contributed by atoms with Gasteiger partial charge in [-0.3, -0.25) is 0 Å². The lowest BCUT2D eigenvalue weighted by Crippen LogP contribution is -2.02. The second-order valence-corrected chi connectivity index (χ2v) is 8.33. The standard InChI is InChI=1S/C29H17N7O/c1-3-9-18(10-4-1)26-34-27(19-11-5-2-6-12-19)36-29(35-26)28-30-15-20(16-31-28)23-25-24(33-17-32-23)21-13-7-8-14-22(21)37-25/h1-17H. The number of fused-ring (bicyclic) bond motifs is 3. The smallest absolute Gasteiger partial charge is 0.201 e. The van der Waals surface area contributed by atoms with Gasteiger partial charge in [0.1, 0.15) is 23.1 Å². The summed E-state index contributed by atoms with van der Waals surface area (Å²) in [6.07, 6.45) is 4.93. The number of hydrogen-bond donors (Lipinski definition) is 0. The van der Waals surface area contributed by atoms with Crippen molar-refractivity contribution in [2.75, 3.05) is 0 Å². The number of aromatic nitrogens is 7. The summed E-state index contributed by atoms with van der Waals surface area (Å²) in [5.41, 5.74) is 5.19. The van der Waals surface area contributed by atoms with Crippen LogP contribution < -0.4 is 0 Å². The van der Waals surface area contributed by atoms with E-state index < -0.39 is 0 Å². The van der Waals surface area contributed by atoms with Crippen LogP contribution in [0.4, 0.5) is 0 Å². The second kappa shape index (κ2) is 8.69. The van der Waals surface area contributed by atoms with Crippen LogP contribution >= 0.6 is 0 Å². The van der Waals surface area contributed by atoms with Crippen LogP contribution in [0.15, 0.2) is 108 Å². The number of benzene rings is 3. The zero-order chi connectivity index (χ0) is 24.6. The quantitative estimate of drug-likeness (QED) is 0.302. The van der Waals surface area contributed by atoms with Crippen molar-refractivity contribution in [3.63, 3.8) is 0 Å². The number of para-hydroxylation sites is 1. The molecule has 37 heavy (non-hydrogen) atoms. The maximum Gasteiger partial charge on any atom is 0.201 e. The first-order chi connectivity index (χ1) is 18.3. The lowest BCUT2D eigenvalue weighted by molar-refractivity contribution is 0.667. The maximum atomic E-state index is 6.07. The molecule has 8 heteroatoms. The highest BCUT2D eigenvalue weighted by Crippen LogP contribution is 2.32. The Hall–Kier alpha value is -5.37. The first kappa shape index (κ1) is 21.0. The van der Waals surface area contributed by atoms with Gasteiger partial charge in [-0.25, -0.2) is 34.9 Å². The Balaban J connectivity index is 1.33. The molecule has 3 aromatic carbocycles. The zero-order valence-corrected chi connectivity index (χ0v) is 19.4. The molecule has 0 saturated carbocycles. The van der Waals surface area contributed by atoms with Crippen LogP contribution in [0.1, 0.15) is 0 Å². The van der Waals surface area contributed by atoms with Crippen LogP contribution in [0.25, 0.3) is 67.8 Å². The van der Waals surface area contributed by atoms with Crippen LogP contribution in [-0.4, -0.2) is 34.9 Å². The molecular formula is C29H17N7O. The SMILES string of the molecule is c1ccc(-c2nc(-c3ccccc3)nc(-c3ncc(-c4ncnc5c4oc4ccccc45)cn3)n2)cc1. The van der Waals surface area contributed by atoms with E-state index in [2.05, 4.69) is 29.9 Å². The number of nitrogens with zero attached hydrogens (tertiary/aromatic N) is 7. The summed E-state index contributed by atoms with van der Waals surface area (Å²) in [5.74, 6) is 1.88.